The highest BCUT2D eigenvalue weighted by Crippen LogP contribution is 2.52. The second-order valence-corrected chi connectivity index (χ2v) is 5.39. The molecule has 2 heteroatoms. The van der Waals surface area contributed by atoms with Gasteiger partial charge >= 0.3 is 0 Å². The standard InChI is InChI=1S/C14H20N2/c1-15-14(12-3-2-6-16-9-12)13-8-10-4-5-11(13)7-10/h2-3,6,9-11,13-15H,4-5,7-8H2,1H3. The molecule has 86 valence electrons. The lowest BCUT2D eigenvalue weighted by atomic mass is 9.81. The van der Waals surface area contributed by atoms with Crippen LogP contribution in [0.3, 0.4) is 0 Å². The molecule has 0 spiro atoms. The van der Waals surface area contributed by atoms with Gasteiger partial charge in [-0.2, -0.15) is 0 Å². The first-order chi connectivity index (χ1) is 7.88. The molecule has 2 saturated carbocycles. The summed E-state index contributed by atoms with van der Waals surface area (Å²) in [5.74, 6) is 2.82. The van der Waals surface area contributed by atoms with Crippen molar-refractivity contribution in [1.29, 1.82) is 0 Å². The first-order valence-electron chi connectivity index (χ1n) is 6.45. The molecule has 16 heavy (non-hydrogen) atoms. The van der Waals surface area contributed by atoms with Gasteiger partial charge in [-0.3, -0.25) is 4.98 Å². The van der Waals surface area contributed by atoms with Crippen LogP contribution < -0.4 is 5.32 Å². The predicted octanol–water partition coefficient (Wildman–Crippen LogP) is 2.78. The first-order valence-corrected chi connectivity index (χ1v) is 6.45. The number of aromatic nitrogens is 1. The second kappa shape index (κ2) is 4.17. The minimum absolute atomic E-state index is 0.518. The Kier molecular flexibility index (Phi) is 2.68. The molecular formula is C14H20N2. The molecule has 3 rings (SSSR count). The largest absolute Gasteiger partial charge is 0.313 e. The molecule has 2 nitrogen and oxygen atoms in total. The quantitative estimate of drug-likeness (QED) is 0.840. The lowest BCUT2D eigenvalue weighted by molar-refractivity contribution is 0.259. The average molecular weight is 216 g/mol. The van der Waals surface area contributed by atoms with Crippen molar-refractivity contribution in [1.82, 2.24) is 10.3 Å². The third-order valence-electron chi connectivity index (χ3n) is 4.58. The Bertz CT molecular complexity index is 349. The van der Waals surface area contributed by atoms with E-state index in [1.807, 2.05) is 18.5 Å². The van der Waals surface area contributed by atoms with Gasteiger partial charge in [0.1, 0.15) is 0 Å². The van der Waals surface area contributed by atoms with Crippen molar-refractivity contribution in [2.45, 2.75) is 31.7 Å². The monoisotopic (exact) mass is 216 g/mol. The van der Waals surface area contributed by atoms with Crippen LogP contribution in [0.2, 0.25) is 0 Å². The highest BCUT2D eigenvalue weighted by atomic mass is 14.9. The summed E-state index contributed by atoms with van der Waals surface area (Å²) in [5, 5.41) is 3.51. The zero-order chi connectivity index (χ0) is 11.0. The highest BCUT2D eigenvalue weighted by molar-refractivity contribution is 5.16. The van der Waals surface area contributed by atoms with E-state index in [0.29, 0.717) is 6.04 Å². The van der Waals surface area contributed by atoms with Gasteiger partial charge in [0.25, 0.3) is 0 Å². The third kappa shape index (κ3) is 1.65. The molecular weight excluding hydrogens is 196 g/mol. The summed E-state index contributed by atoms with van der Waals surface area (Å²) >= 11 is 0. The van der Waals surface area contributed by atoms with Crippen LogP contribution in [-0.4, -0.2) is 12.0 Å². The van der Waals surface area contributed by atoms with Gasteiger partial charge in [-0.1, -0.05) is 12.5 Å². The van der Waals surface area contributed by atoms with Crippen LogP contribution in [0.1, 0.15) is 37.3 Å². The normalized spacial score (nSPS) is 34.2. The van der Waals surface area contributed by atoms with Crippen molar-refractivity contribution < 1.29 is 0 Å². The number of pyridine rings is 1. The Labute approximate surface area is 97.5 Å². The topological polar surface area (TPSA) is 24.9 Å². The van der Waals surface area contributed by atoms with E-state index < -0.39 is 0 Å². The molecule has 2 fully saturated rings. The third-order valence-corrected chi connectivity index (χ3v) is 4.58. The molecule has 1 aromatic heterocycles. The van der Waals surface area contributed by atoms with E-state index in [0.717, 1.165) is 17.8 Å². The van der Waals surface area contributed by atoms with E-state index in [-0.39, 0.29) is 0 Å². The minimum atomic E-state index is 0.518. The molecule has 2 aliphatic carbocycles. The summed E-state index contributed by atoms with van der Waals surface area (Å²) in [6, 6.07) is 4.77. The fraction of sp³-hybridized carbons (Fsp3) is 0.643. The molecule has 0 aliphatic heterocycles. The minimum Gasteiger partial charge on any atom is -0.313 e. The van der Waals surface area contributed by atoms with Crippen molar-refractivity contribution in [2.24, 2.45) is 17.8 Å². The maximum atomic E-state index is 4.25. The van der Waals surface area contributed by atoms with Gasteiger partial charge in [0.2, 0.25) is 0 Å². The van der Waals surface area contributed by atoms with Gasteiger partial charge in [0.15, 0.2) is 0 Å². The van der Waals surface area contributed by atoms with Crippen LogP contribution in [0.15, 0.2) is 24.5 Å². The van der Waals surface area contributed by atoms with Gasteiger partial charge < -0.3 is 5.32 Å². The Morgan fingerprint density at radius 2 is 2.31 bits per heavy atom. The zero-order valence-corrected chi connectivity index (χ0v) is 9.89. The number of rotatable bonds is 3. The van der Waals surface area contributed by atoms with E-state index in [2.05, 4.69) is 23.4 Å². The van der Waals surface area contributed by atoms with Crippen LogP contribution in [0.5, 0.6) is 0 Å². The Morgan fingerprint density at radius 3 is 2.88 bits per heavy atom. The Morgan fingerprint density at radius 1 is 1.38 bits per heavy atom. The van der Waals surface area contributed by atoms with Gasteiger partial charge in [-0.05, 0) is 55.7 Å². The van der Waals surface area contributed by atoms with Gasteiger partial charge in [-0.15, -0.1) is 0 Å². The van der Waals surface area contributed by atoms with Crippen molar-refractivity contribution in [3.05, 3.63) is 30.1 Å². The number of nitrogens with zero attached hydrogens (tertiary/aromatic N) is 1. The smallest absolute Gasteiger partial charge is 0.0364 e. The lowest BCUT2D eigenvalue weighted by Crippen LogP contribution is -2.29. The molecule has 0 amide bonds. The molecule has 2 bridgehead atoms. The fourth-order valence-electron chi connectivity index (χ4n) is 3.89. The number of nitrogens with one attached hydrogen (secondary N) is 1. The summed E-state index contributed by atoms with van der Waals surface area (Å²) < 4.78 is 0. The van der Waals surface area contributed by atoms with Crippen molar-refractivity contribution in [3.8, 4) is 0 Å². The number of hydrogen-bond acceptors (Lipinski definition) is 2. The van der Waals surface area contributed by atoms with Crippen molar-refractivity contribution >= 4 is 0 Å². The second-order valence-electron chi connectivity index (χ2n) is 5.39. The summed E-state index contributed by atoms with van der Waals surface area (Å²) in [4.78, 5) is 4.25. The number of hydrogen-bond donors (Lipinski definition) is 1. The van der Waals surface area contributed by atoms with Crippen LogP contribution >= 0.6 is 0 Å². The van der Waals surface area contributed by atoms with E-state index in [1.54, 1.807) is 0 Å². The Hall–Kier alpha value is -0.890. The van der Waals surface area contributed by atoms with Crippen LogP contribution in [0.25, 0.3) is 0 Å². The van der Waals surface area contributed by atoms with E-state index in [1.165, 1.54) is 31.2 Å². The summed E-state index contributed by atoms with van der Waals surface area (Å²) in [6.45, 7) is 0. The molecule has 4 unspecified atom stereocenters. The van der Waals surface area contributed by atoms with Crippen LogP contribution in [-0.2, 0) is 0 Å². The summed E-state index contributed by atoms with van der Waals surface area (Å²) in [7, 11) is 2.09. The fourth-order valence-corrected chi connectivity index (χ4v) is 3.89. The van der Waals surface area contributed by atoms with Crippen molar-refractivity contribution in [3.63, 3.8) is 0 Å². The lowest BCUT2D eigenvalue weighted by Gasteiger charge is -2.30. The molecule has 1 N–H and O–H groups in total. The van der Waals surface area contributed by atoms with E-state index in [4.69, 9.17) is 0 Å². The predicted molar refractivity (Wildman–Crippen MR) is 65.0 cm³/mol. The van der Waals surface area contributed by atoms with E-state index in [9.17, 15) is 0 Å². The molecule has 0 aromatic carbocycles. The van der Waals surface area contributed by atoms with Gasteiger partial charge in [0, 0.05) is 18.4 Å². The average Bonchev–Trinajstić information content (AvgIpc) is 2.94. The Balaban J connectivity index is 1.81. The summed E-state index contributed by atoms with van der Waals surface area (Å²) in [5.41, 5.74) is 1.36. The number of fused-ring (bicyclic) bond motifs is 2. The summed E-state index contributed by atoms with van der Waals surface area (Å²) in [6.07, 6.45) is 9.71. The molecule has 0 saturated heterocycles. The van der Waals surface area contributed by atoms with Crippen LogP contribution in [0, 0.1) is 17.8 Å². The highest BCUT2D eigenvalue weighted by Gasteiger charge is 2.42. The van der Waals surface area contributed by atoms with Crippen LogP contribution in [0.4, 0.5) is 0 Å². The van der Waals surface area contributed by atoms with Crippen molar-refractivity contribution in [2.75, 3.05) is 7.05 Å². The van der Waals surface area contributed by atoms with Gasteiger partial charge in [-0.25, -0.2) is 0 Å². The van der Waals surface area contributed by atoms with E-state index >= 15 is 0 Å². The molecule has 4 atom stereocenters. The zero-order valence-electron chi connectivity index (χ0n) is 9.89. The molecule has 1 heterocycles. The first kappa shape index (κ1) is 10.3. The maximum Gasteiger partial charge on any atom is 0.0364 e. The molecule has 2 aliphatic rings. The maximum absolute atomic E-state index is 4.25. The SMILES string of the molecule is CNC(c1cccnc1)C1CC2CCC1C2. The molecule has 0 radical (unpaired) electrons. The van der Waals surface area contributed by atoms with Gasteiger partial charge in [0.05, 0.1) is 0 Å². The molecule has 1 aromatic rings.